The predicted octanol–water partition coefficient (Wildman–Crippen LogP) is 6.64. The quantitative estimate of drug-likeness (QED) is 0.310. The number of aromatic nitrogens is 1. The smallest absolute Gasteiger partial charge is 0.416 e. The summed E-state index contributed by atoms with van der Waals surface area (Å²) in [7, 11) is 0. The number of esters is 1. The molecule has 7 nitrogen and oxygen atoms in total. The molecule has 0 fully saturated rings. The summed E-state index contributed by atoms with van der Waals surface area (Å²) in [5.74, 6) is -1.10. The lowest BCUT2D eigenvalue weighted by molar-refractivity contribution is -0.137. The standard InChI is InChI=1S/C25H20F3N3O4/c1-3-34-23(32)21-20(31-24(33)29-17-11-7-10-16(13-17)25(26,27)28)19-14(2)12-18(30-22(19)35-21)15-8-5-4-6-9-15/h4-13H,3H2,1-2H3,(H2,29,31,33). The normalized spacial score (nSPS) is 11.3. The van der Waals surface area contributed by atoms with E-state index >= 15 is 0 Å². The lowest BCUT2D eigenvalue weighted by Crippen LogP contribution is -2.21. The van der Waals surface area contributed by atoms with Crippen LogP contribution in [0.5, 0.6) is 0 Å². The highest BCUT2D eigenvalue weighted by molar-refractivity contribution is 6.12. The molecule has 10 heteroatoms. The number of alkyl halides is 3. The number of furan rings is 1. The summed E-state index contributed by atoms with van der Waals surface area (Å²) in [4.78, 5) is 29.7. The van der Waals surface area contributed by atoms with Crippen LogP contribution in [0.3, 0.4) is 0 Å². The zero-order chi connectivity index (χ0) is 25.2. The lowest BCUT2D eigenvalue weighted by Gasteiger charge is -2.11. The maximum atomic E-state index is 13.0. The molecule has 0 radical (unpaired) electrons. The fraction of sp³-hybridized carbons (Fsp3) is 0.160. The number of nitrogens with zero attached hydrogens (tertiary/aromatic N) is 1. The number of hydrogen-bond donors (Lipinski definition) is 2. The number of benzene rings is 2. The van der Waals surface area contributed by atoms with Crippen molar-refractivity contribution in [2.45, 2.75) is 20.0 Å². The van der Waals surface area contributed by atoms with Crippen molar-refractivity contribution in [3.05, 3.63) is 77.6 Å². The highest BCUT2D eigenvalue weighted by Gasteiger charge is 2.31. The van der Waals surface area contributed by atoms with Crippen LogP contribution in [-0.4, -0.2) is 23.6 Å². The van der Waals surface area contributed by atoms with E-state index in [1.165, 1.54) is 12.1 Å². The fourth-order valence-corrected chi connectivity index (χ4v) is 3.55. The molecule has 180 valence electrons. The van der Waals surface area contributed by atoms with Crippen molar-refractivity contribution in [3.8, 4) is 11.3 Å². The Morgan fingerprint density at radius 1 is 1.03 bits per heavy atom. The molecule has 0 saturated heterocycles. The first-order chi connectivity index (χ1) is 16.7. The number of pyridine rings is 1. The van der Waals surface area contributed by atoms with Crippen LogP contribution in [0.15, 0.2) is 65.1 Å². The number of carbonyl (C=O) groups is 2. The van der Waals surface area contributed by atoms with Gasteiger partial charge in [-0.3, -0.25) is 0 Å². The number of rotatable bonds is 5. The Morgan fingerprint density at radius 2 is 1.77 bits per heavy atom. The average Bonchev–Trinajstić information content (AvgIpc) is 3.18. The van der Waals surface area contributed by atoms with E-state index < -0.39 is 23.7 Å². The molecule has 4 aromatic rings. The van der Waals surface area contributed by atoms with Crippen LogP contribution in [0, 0.1) is 6.92 Å². The minimum atomic E-state index is -4.56. The highest BCUT2D eigenvalue weighted by atomic mass is 19.4. The monoisotopic (exact) mass is 483 g/mol. The van der Waals surface area contributed by atoms with E-state index in [1.54, 1.807) is 19.9 Å². The van der Waals surface area contributed by atoms with Crippen LogP contribution in [-0.2, 0) is 10.9 Å². The van der Waals surface area contributed by atoms with Gasteiger partial charge in [0.2, 0.25) is 11.5 Å². The Labute approximate surface area is 197 Å². The van der Waals surface area contributed by atoms with E-state index in [0.29, 0.717) is 16.6 Å². The SMILES string of the molecule is CCOC(=O)c1oc2nc(-c3ccccc3)cc(C)c2c1NC(=O)Nc1cccc(C(F)(F)F)c1. The molecule has 2 aromatic heterocycles. The van der Waals surface area contributed by atoms with E-state index in [2.05, 4.69) is 15.6 Å². The minimum absolute atomic E-state index is 0.00698. The van der Waals surface area contributed by atoms with Crippen molar-refractivity contribution < 1.29 is 31.9 Å². The summed E-state index contributed by atoms with van der Waals surface area (Å²) in [5.41, 5.74) is 1.19. The summed E-state index contributed by atoms with van der Waals surface area (Å²) < 4.78 is 49.7. The Balaban J connectivity index is 1.72. The van der Waals surface area contributed by atoms with E-state index in [-0.39, 0.29) is 29.5 Å². The summed E-state index contributed by atoms with van der Waals surface area (Å²) in [5, 5.41) is 5.23. The van der Waals surface area contributed by atoms with E-state index in [4.69, 9.17) is 9.15 Å². The van der Waals surface area contributed by atoms with Gasteiger partial charge < -0.3 is 19.8 Å². The highest BCUT2D eigenvalue weighted by Crippen LogP contribution is 2.36. The Morgan fingerprint density at radius 3 is 2.46 bits per heavy atom. The van der Waals surface area contributed by atoms with Crippen LogP contribution < -0.4 is 10.6 Å². The second-order valence-corrected chi connectivity index (χ2v) is 7.55. The molecule has 0 bridgehead atoms. The van der Waals surface area contributed by atoms with E-state index in [1.807, 2.05) is 30.3 Å². The van der Waals surface area contributed by atoms with Crippen LogP contribution in [0.25, 0.3) is 22.4 Å². The molecule has 4 rings (SSSR count). The molecule has 2 heterocycles. The molecule has 2 N–H and O–H groups in total. The van der Waals surface area contributed by atoms with Crippen molar-refractivity contribution in [2.75, 3.05) is 17.2 Å². The van der Waals surface area contributed by atoms with Crippen molar-refractivity contribution in [2.24, 2.45) is 0 Å². The van der Waals surface area contributed by atoms with Gasteiger partial charge in [-0.1, -0.05) is 36.4 Å². The molecular formula is C25H20F3N3O4. The van der Waals surface area contributed by atoms with Gasteiger partial charge in [0.1, 0.15) is 5.69 Å². The van der Waals surface area contributed by atoms with Gasteiger partial charge in [-0.2, -0.15) is 13.2 Å². The Kier molecular flexibility index (Phi) is 6.46. The van der Waals surface area contributed by atoms with Gasteiger partial charge in [-0.05, 0) is 43.7 Å². The molecule has 2 aromatic carbocycles. The van der Waals surface area contributed by atoms with E-state index in [9.17, 15) is 22.8 Å². The molecular weight excluding hydrogens is 463 g/mol. The predicted molar refractivity (Wildman–Crippen MR) is 124 cm³/mol. The second-order valence-electron chi connectivity index (χ2n) is 7.55. The van der Waals surface area contributed by atoms with Gasteiger partial charge in [0.15, 0.2) is 0 Å². The molecule has 35 heavy (non-hydrogen) atoms. The van der Waals surface area contributed by atoms with Crippen molar-refractivity contribution in [1.82, 2.24) is 4.98 Å². The van der Waals surface area contributed by atoms with Crippen LogP contribution in [0.1, 0.15) is 28.6 Å². The molecule has 0 aliphatic heterocycles. The summed E-state index contributed by atoms with van der Waals surface area (Å²) in [6.45, 7) is 3.44. The first-order valence-corrected chi connectivity index (χ1v) is 10.6. The zero-order valence-corrected chi connectivity index (χ0v) is 18.7. The zero-order valence-electron chi connectivity index (χ0n) is 18.7. The topological polar surface area (TPSA) is 93.5 Å². The number of halogens is 3. The first-order valence-electron chi connectivity index (χ1n) is 10.6. The molecule has 2 amide bonds. The number of ether oxygens (including phenoxy) is 1. The number of nitrogens with one attached hydrogen (secondary N) is 2. The summed E-state index contributed by atoms with van der Waals surface area (Å²) in [6.07, 6.45) is -4.56. The number of urea groups is 1. The van der Waals surface area contributed by atoms with Crippen LogP contribution >= 0.6 is 0 Å². The van der Waals surface area contributed by atoms with Gasteiger partial charge in [0, 0.05) is 11.3 Å². The first kappa shape index (κ1) is 23.8. The van der Waals surface area contributed by atoms with Crippen LogP contribution in [0.2, 0.25) is 0 Å². The number of amides is 2. The number of carbonyl (C=O) groups excluding carboxylic acids is 2. The molecule has 0 aliphatic rings. The second kappa shape index (κ2) is 9.49. The van der Waals surface area contributed by atoms with Crippen molar-refractivity contribution in [3.63, 3.8) is 0 Å². The number of anilines is 2. The van der Waals surface area contributed by atoms with Crippen molar-refractivity contribution >= 4 is 34.5 Å². The van der Waals surface area contributed by atoms with Gasteiger partial charge in [0.25, 0.3) is 0 Å². The van der Waals surface area contributed by atoms with Gasteiger partial charge >= 0.3 is 18.2 Å². The minimum Gasteiger partial charge on any atom is -0.460 e. The molecule has 0 saturated carbocycles. The summed E-state index contributed by atoms with van der Waals surface area (Å²) >= 11 is 0. The van der Waals surface area contributed by atoms with Crippen molar-refractivity contribution in [1.29, 1.82) is 0 Å². The maximum Gasteiger partial charge on any atom is 0.416 e. The Hall–Kier alpha value is -4.34. The van der Waals surface area contributed by atoms with Gasteiger partial charge in [-0.15, -0.1) is 0 Å². The van der Waals surface area contributed by atoms with Gasteiger partial charge in [-0.25, -0.2) is 14.6 Å². The lowest BCUT2D eigenvalue weighted by atomic mass is 10.1. The average molecular weight is 483 g/mol. The maximum absolute atomic E-state index is 13.0. The third kappa shape index (κ3) is 5.11. The number of hydrogen-bond acceptors (Lipinski definition) is 5. The largest absolute Gasteiger partial charge is 0.460 e. The molecule has 0 unspecified atom stereocenters. The number of fused-ring (bicyclic) bond motifs is 1. The third-order valence-electron chi connectivity index (χ3n) is 5.08. The number of aryl methyl sites for hydroxylation is 1. The van der Waals surface area contributed by atoms with Crippen LogP contribution in [0.4, 0.5) is 29.3 Å². The fourth-order valence-electron chi connectivity index (χ4n) is 3.55. The van der Waals surface area contributed by atoms with Gasteiger partial charge in [0.05, 0.1) is 23.3 Å². The summed E-state index contributed by atoms with van der Waals surface area (Å²) in [6, 6.07) is 14.4. The third-order valence-corrected chi connectivity index (χ3v) is 5.08. The Bertz CT molecular complexity index is 1400. The molecule has 0 aliphatic carbocycles. The van der Waals surface area contributed by atoms with E-state index in [0.717, 1.165) is 17.7 Å². The molecule has 0 spiro atoms. The molecule has 0 atom stereocenters.